The lowest BCUT2D eigenvalue weighted by Gasteiger charge is -2.21. The number of nitrogens with zero attached hydrogens (tertiary/aromatic N) is 2. The van der Waals surface area contributed by atoms with E-state index in [0.29, 0.717) is 34.0 Å². The van der Waals surface area contributed by atoms with Crippen molar-refractivity contribution in [2.75, 3.05) is 11.9 Å². The van der Waals surface area contributed by atoms with Crippen LogP contribution >= 0.6 is 11.6 Å². The Hall–Kier alpha value is -3.06. The number of aromatic nitrogens is 1. The summed E-state index contributed by atoms with van der Waals surface area (Å²) >= 11 is 6.24. The summed E-state index contributed by atoms with van der Waals surface area (Å²) in [5.41, 5.74) is 0.184. The molecule has 0 bridgehead atoms. The number of pyridine rings is 1. The maximum Gasteiger partial charge on any atom is 0.416 e. The Morgan fingerprint density at radius 2 is 1.82 bits per heavy atom. The molecule has 0 fully saturated rings. The number of carbonyl (C=O) groups is 1. The first-order valence-corrected chi connectivity index (χ1v) is 8.44. The van der Waals surface area contributed by atoms with Crippen molar-refractivity contribution >= 4 is 23.2 Å². The van der Waals surface area contributed by atoms with Crippen LogP contribution in [0.25, 0.3) is 11.1 Å². The Morgan fingerprint density at radius 1 is 1.11 bits per heavy atom. The molecule has 0 saturated heterocycles. The molecule has 1 amide bonds. The Bertz CT molecular complexity index is 1040. The van der Waals surface area contributed by atoms with Gasteiger partial charge in [0.2, 0.25) is 0 Å². The normalized spacial score (nSPS) is 11.3. The van der Waals surface area contributed by atoms with E-state index in [-0.39, 0.29) is 5.56 Å². The van der Waals surface area contributed by atoms with Gasteiger partial charge >= 0.3 is 6.18 Å². The standard InChI is InChI=1S/C20H14ClF3N2O2/c1-26(19(28)12-8-13(20(22,23)24)10-14(27)9-12)18-11-25-7-6-16(18)15-4-2-3-5-17(15)21/h2-11,27H,1H3. The number of phenolic OH excluding ortho intramolecular Hbond substituents is 1. The average molecular weight is 407 g/mol. The smallest absolute Gasteiger partial charge is 0.416 e. The minimum Gasteiger partial charge on any atom is -0.508 e. The molecule has 1 N–H and O–H groups in total. The number of benzene rings is 2. The highest BCUT2D eigenvalue weighted by molar-refractivity contribution is 6.33. The predicted octanol–water partition coefficient (Wildman–Crippen LogP) is 5.40. The lowest BCUT2D eigenvalue weighted by molar-refractivity contribution is -0.137. The number of rotatable bonds is 3. The highest BCUT2D eigenvalue weighted by Crippen LogP contribution is 2.36. The molecule has 0 unspecified atom stereocenters. The molecule has 0 radical (unpaired) electrons. The van der Waals surface area contributed by atoms with Crippen LogP contribution in [0, 0.1) is 0 Å². The topological polar surface area (TPSA) is 53.4 Å². The Kier molecular flexibility index (Phi) is 5.29. The number of amides is 1. The SMILES string of the molecule is CN(C(=O)c1cc(O)cc(C(F)(F)F)c1)c1cnccc1-c1ccccc1Cl. The third-order valence-electron chi connectivity index (χ3n) is 4.12. The molecule has 0 aliphatic heterocycles. The zero-order chi connectivity index (χ0) is 20.5. The third kappa shape index (κ3) is 3.94. The highest BCUT2D eigenvalue weighted by Gasteiger charge is 2.32. The fourth-order valence-corrected chi connectivity index (χ4v) is 3.00. The van der Waals surface area contributed by atoms with Gasteiger partial charge in [-0.3, -0.25) is 9.78 Å². The van der Waals surface area contributed by atoms with Crippen molar-refractivity contribution < 1.29 is 23.1 Å². The van der Waals surface area contributed by atoms with E-state index in [2.05, 4.69) is 4.98 Å². The molecule has 3 rings (SSSR count). The van der Waals surface area contributed by atoms with Gasteiger partial charge in [-0.15, -0.1) is 0 Å². The largest absolute Gasteiger partial charge is 0.508 e. The van der Waals surface area contributed by atoms with Crippen molar-refractivity contribution in [1.29, 1.82) is 0 Å². The quantitative estimate of drug-likeness (QED) is 0.633. The molecule has 8 heteroatoms. The number of hydrogen-bond acceptors (Lipinski definition) is 3. The van der Waals surface area contributed by atoms with Gasteiger partial charge < -0.3 is 10.0 Å². The van der Waals surface area contributed by atoms with Crippen molar-refractivity contribution in [3.63, 3.8) is 0 Å². The zero-order valence-electron chi connectivity index (χ0n) is 14.5. The lowest BCUT2D eigenvalue weighted by Crippen LogP contribution is -2.27. The van der Waals surface area contributed by atoms with E-state index in [9.17, 15) is 23.1 Å². The number of alkyl halides is 3. The van der Waals surface area contributed by atoms with Gasteiger partial charge in [-0.05, 0) is 30.3 Å². The van der Waals surface area contributed by atoms with E-state index < -0.39 is 23.4 Å². The maximum atomic E-state index is 13.0. The summed E-state index contributed by atoms with van der Waals surface area (Å²) in [6.07, 6.45) is -1.75. The van der Waals surface area contributed by atoms with Crippen LogP contribution in [0.2, 0.25) is 5.02 Å². The highest BCUT2D eigenvalue weighted by atomic mass is 35.5. The van der Waals surface area contributed by atoms with Gasteiger partial charge in [-0.1, -0.05) is 29.8 Å². The molecule has 0 saturated carbocycles. The number of hydrogen-bond donors (Lipinski definition) is 1. The molecule has 1 aromatic heterocycles. The van der Waals surface area contributed by atoms with Gasteiger partial charge in [0.1, 0.15) is 5.75 Å². The molecule has 0 atom stereocenters. The van der Waals surface area contributed by atoms with Gasteiger partial charge in [-0.2, -0.15) is 13.2 Å². The molecule has 144 valence electrons. The van der Waals surface area contributed by atoms with Gasteiger partial charge in [-0.25, -0.2) is 0 Å². The number of halogens is 4. The molecule has 4 nitrogen and oxygen atoms in total. The van der Waals surface area contributed by atoms with Crippen molar-refractivity contribution in [3.05, 3.63) is 77.1 Å². The van der Waals surface area contributed by atoms with Crippen LogP contribution in [0.5, 0.6) is 5.75 Å². The Balaban J connectivity index is 2.05. The van der Waals surface area contributed by atoms with Gasteiger partial charge in [0.05, 0.1) is 17.4 Å². The number of anilines is 1. The first-order chi connectivity index (χ1) is 13.2. The third-order valence-corrected chi connectivity index (χ3v) is 4.45. The molecule has 1 heterocycles. The molecular weight excluding hydrogens is 393 g/mol. The molecule has 0 spiro atoms. The summed E-state index contributed by atoms with van der Waals surface area (Å²) in [6, 6.07) is 10.9. The second-order valence-electron chi connectivity index (χ2n) is 6.00. The van der Waals surface area contributed by atoms with E-state index >= 15 is 0 Å². The van der Waals surface area contributed by atoms with Crippen LogP contribution in [0.15, 0.2) is 60.9 Å². The lowest BCUT2D eigenvalue weighted by atomic mass is 10.0. The van der Waals surface area contributed by atoms with Gasteiger partial charge in [0.15, 0.2) is 0 Å². The second-order valence-corrected chi connectivity index (χ2v) is 6.41. The number of carbonyl (C=O) groups excluding carboxylic acids is 1. The second kappa shape index (κ2) is 7.52. The first kappa shape index (κ1) is 19.7. The summed E-state index contributed by atoms with van der Waals surface area (Å²) in [4.78, 5) is 18.0. The molecule has 0 aliphatic rings. The molecule has 28 heavy (non-hydrogen) atoms. The van der Waals surface area contributed by atoms with E-state index in [1.807, 2.05) is 0 Å². The summed E-state index contributed by atoms with van der Waals surface area (Å²) in [6.45, 7) is 0. The first-order valence-electron chi connectivity index (χ1n) is 8.06. The maximum absolute atomic E-state index is 13.0. The van der Waals surface area contributed by atoms with Crippen LogP contribution in [-0.4, -0.2) is 23.0 Å². The monoisotopic (exact) mass is 406 g/mol. The van der Waals surface area contributed by atoms with Crippen molar-refractivity contribution in [2.24, 2.45) is 0 Å². The van der Waals surface area contributed by atoms with E-state index in [0.717, 1.165) is 6.07 Å². The summed E-state index contributed by atoms with van der Waals surface area (Å²) < 4.78 is 39.0. The summed E-state index contributed by atoms with van der Waals surface area (Å²) in [7, 11) is 1.41. The summed E-state index contributed by atoms with van der Waals surface area (Å²) in [5, 5.41) is 10.1. The van der Waals surface area contributed by atoms with Crippen LogP contribution in [0.3, 0.4) is 0 Å². The number of aromatic hydroxyl groups is 1. The fourth-order valence-electron chi connectivity index (χ4n) is 2.76. The summed E-state index contributed by atoms with van der Waals surface area (Å²) in [5.74, 6) is -1.38. The zero-order valence-corrected chi connectivity index (χ0v) is 15.3. The molecule has 3 aromatic rings. The van der Waals surface area contributed by atoms with Gasteiger partial charge in [0, 0.05) is 35.0 Å². The van der Waals surface area contributed by atoms with Crippen LogP contribution in [0.1, 0.15) is 15.9 Å². The van der Waals surface area contributed by atoms with E-state index in [1.165, 1.54) is 24.3 Å². The Morgan fingerprint density at radius 3 is 2.50 bits per heavy atom. The van der Waals surface area contributed by atoms with E-state index in [4.69, 9.17) is 11.6 Å². The van der Waals surface area contributed by atoms with Crippen LogP contribution in [0.4, 0.5) is 18.9 Å². The Labute approximate surface area is 163 Å². The minimum absolute atomic E-state index is 0.302. The molecular formula is C20H14ClF3N2O2. The van der Waals surface area contributed by atoms with Crippen molar-refractivity contribution in [2.45, 2.75) is 6.18 Å². The predicted molar refractivity (Wildman–Crippen MR) is 101 cm³/mol. The molecule has 0 aliphatic carbocycles. The van der Waals surface area contributed by atoms with Crippen LogP contribution < -0.4 is 4.90 Å². The van der Waals surface area contributed by atoms with Gasteiger partial charge in [0.25, 0.3) is 5.91 Å². The van der Waals surface area contributed by atoms with Crippen molar-refractivity contribution in [1.82, 2.24) is 4.98 Å². The molecule has 2 aromatic carbocycles. The number of phenols is 1. The van der Waals surface area contributed by atoms with Crippen molar-refractivity contribution in [3.8, 4) is 16.9 Å². The fraction of sp³-hybridized carbons (Fsp3) is 0.100. The minimum atomic E-state index is -4.69. The van der Waals surface area contributed by atoms with E-state index in [1.54, 1.807) is 30.3 Å². The average Bonchev–Trinajstić information content (AvgIpc) is 2.66. The van der Waals surface area contributed by atoms with Crippen LogP contribution in [-0.2, 0) is 6.18 Å².